The van der Waals surface area contributed by atoms with E-state index in [4.69, 9.17) is 9.47 Å². The van der Waals surface area contributed by atoms with E-state index in [1.54, 1.807) is 7.11 Å². The maximum Gasteiger partial charge on any atom is 0.230 e. The number of morpholine rings is 1. The lowest BCUT2D eigenvalue weighted by molar-refractivity contribution is -0.914. The fourth-order valence-corrected chi connectivity index (χ4v) is 2.78. The Morgan fingerprint density at radius 2 is 1.90 bits per heavy atom. The summed E-state index contributed by atoms with van der Waals surface area (Å²) in [6, 6.07) is 7.38. The Kier molecular flexibility index (Phi) is 5.59. The lowest BCUT2D eigenvalue weighted by Gasteiger charge is -2.32. The smallest absolute Gasteiger partial charge is 0.230 e. The highest BCUT2D eigenvalue weighted by atomic mass is 16.5. The molecule has 2 N–H and O–H groups in total. The molecule has 0 spiro atoms. The van der Waals surface area contributed by atoms with Crippen LogP contribution in [0.5, 0.6) is 5.75 Å². The van der Waals surface area contributed by atoms with Gasteiger partial charge in [0.2, 0.25) is 5.91 Å². The van der Waals surface area contributed by atoms with Crippen molar-refractivity contribution in [2.24, 2.45) is 0 Å². The topological polar surface area (TPSA) is 52.0 Å². The predicted octanol–water partition coefficient (Wildman–Crippen LogP) is 0.716. The first-order valence-corrected chi connectivity index (χ1v) is 7.49. The Hall–Kier alpha value is -1.59. The van der Waals surface area contributed by atoms with Gasteiger partial charge in [0.05, 0.1) is 20.1 Å². The lowest BCUT2D eigenvalue weighted by atomic mass is 10.2. The van der Waals surface area contributed by atoms with Crippen LogP contribution in [0.25, 0.3) is 0 Å². The molecular weight excluding hydrogens is 268 g/mol. The monoisotopic (exact) mass is 293 g/mol. The molecule has 1 heterocycles. The van der Waals surface area contributed by atoms with Crippen molar-refractivity contribution in [3.05, 3.63) is 24.3 Å². The van der Waals surface area contributed by atoms with Crippen molar-refractivity contribution in [2.45, 2.75) is 32.5 Å². The second-order valence-corrected chi connectivity index (χ2v) is 5.69. The van der Waals surface area contributed by atoms with Crippen LogP contribution >= 0.6 is 0 Å². The average Bonchev–Trinajstić information content (AvgIpc) is 2.45. The largest absolute Gasteiger partial charge is 0.497 e. The van der Waals surface area contributed by atoms with Crippen LogP contribution in [0.15, 0.2) is 24.3 Å². The summed E-state index contributed by atoms with van der Waals surface area (Å²) >= 11 is 0. The summed E-state index contributed by atoms with van der Waals surface area (Å²) in [5.41, 5.74) is 0.805. The first kappa shape index (κ1) is 15.8. The van der Waals surface area contributed by atoms with Crippen LogP contribution in [-0.2, 0) is 9.53 Å². The highest BCUT2D eigenvalue weighted by Crippen LogP contribution is 2.14. The molecule has 5 nitrogen and oxygen atoms in total. The van der Waals surface area contributed by atoms with Crippen LogP contribution in [0.2, 0.25) is 0 Å². The van der Waals surface area contributed by atoms with Crippen molar-refractivity contribution in [1.29, 1.82) is 0 Å². The van der Waals surface area contributed by atoms with Crippen molar-refractivity contribution in [1.82, 2.24) is 0 Å². The second-order valence-electron chi connectivity index (χ2n) is 5.69. The van der Waals surface area contributed by atoms with Crippen LogP contribution in [0.1, 0.15) is 20.3 Å². The molecule has 116 valence electrons. The van der Waals surface area contributed by atoms with Gasteiger partial charge in [0.25, 0.3) is 0 Å². The van der Waals surface area contributed by atoms with E-state index >= 15 is 0 Å². The number of nitrogens with one attached hydrogen (secondary N) is 2. The summed E-state index contributed by atoms with van der Waals surface area (Å²) in [7, 11) is 1.63. The van der Waals surface area contributed by atoms with Crippen molar-refractivity contribution < 1.29 is 19.2 Å². The number of rotatable bonds is 5. The minimum atomic E-state index is 0.0551. The third-order valence-corrected chi connectivity index (χ3v) is 3.70. The van der Waals surface area contributed by atoms with Crippen molar-refractivity contribution in [3.8, 4) is 5.75 Å². The number of quaternary nitrogens is 1. The van der Waals surface area contributed by atoms with Gasteiger partial charge in [-0.15, -0.1) is 0 Å². The Balaban J connectivity index is 1.76. The minimum absolute atomic E-state index is 0.0551. The molecule has 2 rings (SSSR count). The highest BCUT2D eigenvalue weighted by Gasteiger charge is 2.25. The Bertz CT molecular complexity index is 451. The molecular formula is C16H25N2O3+. The number of ether oxygens (including phenoxy) is 2. The normalized spacial score (nSPS) is 25.4. The molecule has 1 amide bonds. The van der Waals surface area contributed by atoms with E-state index in [1.807, 2.05) is 24.3 Å². The Morgan fingerprint density at radius 3 is 2.48 bits per heavy atom. The summed E-state index contributed by atoms with van der Waals surface area (Å²) in [5.74, 6) is 0.841. The molecule has 2 atom stereocenters. The molecule has 1 fully saturated rings. The lowest BCUT2D eigenvalue weighted by Crippen LogP contribution is -3.15. The number of carbonyl (C=O) groups excluding carboxylic acids is 1. The fourth-order valence-electron chi connectivity index (χ4n) is 2.78. The van der Waals surface area contributed by atoms with Crippen LogP contribution in [0.3, 0.4) is 0 Å². The van der Waals surface area contributed by atoms with E-state index in [9.17, 15) is 4.79 Å². The molecule has 5 heteroatoms. The molecule has 1 aromatic carbocycles. The predicted molar refractivity (Wildman–Crippen MR) is 81.8 cm³/mol. The molecule has 0 aliphatic carbocycles. The van der Waals surface area contributed by atoms with Gasteiger partial charge in [0, 0.05) is 5.69 Å². The van der Waals surface area contributed by atoms with Gasteiger partial charge < -0.3 is 19.7 Å². The quantitative estimate of drug-likeness (QED) is 0.841. The zero-order valence-electron chi connectivity index (χ0n) is 13.0. The van der Waals surface area contributed by atoms with Crippen LogP contribution < -0.4 is 15.0 Å². The van der Waals surface area contributed by atoms with Gasteiger partial charge >= 0.3 is 0 Å². The third-order valence-electron chi connectivity index (χ3n) is 3.70. The number of amides is 1. The average molecular weight is 293 g/mol. The summed E-state index contributed by atoms with van der Waals surface area (Å²) in [4.78, 5) is 13.4. The number of carbonyl (C=O) groups is 1. The van der Waals surface area contributed by atoms with Gasteiger partial charge in [-0.25, -0.2) is 0 Å². The maximum atomic E-state index is 12.0. The van der Waals surface area contributed by atoms with E-state index in [-0.39, 0.29) is 18.1 Å². The Labute approximate surface area is 126 Å². The zero-order chi connectivity index (χ0) is 15.2. The van der Waals surface area contributed by atoms with E-state index in [1.165, 1.54) is 4.90 Å². The van der Waals surface area contributed by atoms with Gasteiger partial charge in [-0.3, -0.25) is 4.79 Å². The minimum Gasteiger partial charge on any atom is -0.497 e. The van der Waals surface area contributed by atoms with E-state index in [2.05, 4.69) is 19.2 Å². The molecule has 0 saturated carbocycles. The summed E-state index contributed by atoms with van der Waals surface area (Å²) in [5, 5.41) is 2.92. The third kappa shape index (κ3) is 5.02. The number of hydrogen-bond acceptors (Lipinski definition) is 3. The van der Waals surface area contributed by atoms with E-state index in [0.717, 1.165) is 31.1 Å². The zero-order valence-corrected chi connectivity index (χ0v) is 13.0. The number of hydrogen-bond donors (Lipinski definition) is 2. The molecule has 2 unspecified atom stereocenters. The first-order valence-electron chi connectivity index (χ1n) is 7.49. The summed E-state index contributed by atoms with van der Waals surface area (Å²) in [6.07, 6.45) is 1.07. The Morgan fingerprint density at radius 1 is 1.29 bits per heavy atom. The van der Waals surface area contributed by atoms with Crippen LogP contribution in [0, 0.1) is 0 Å². The van der Waals surface area contributed by atoms with Gasteiger partial charge in [-0.05, 0) is 38.1 Å². The van der Waals surface area contributed by atoms with Crippen molar-refractivity contribution in [3.63, 3.8) is 0 Å². The molecule has 21 heavy (non-hydrogen) atoms. The highest BCUT2D eigenvalue weighted by molar-refractivity contribution is 5.90. The molecule has 1 saturated heterocycles. The van der Waals surface area contributed by atoms with Gasteiger partial charge in [0.1, 0.15) is 31.0 Å². The summed E-state index contributed by atoms with van der Waals surface area (Å²) < 4.78 is 10.8. The van der Waals surface area contributed by atoms with Crippen molar-refractivity contribution in [2.75, 3.05) is 32.1 Å². The maximum absolute atomic E-state index is 12.0. The fraction of sp³-hybridized carbons (Fsp3) is 0.562. The van der Waals surface area contributed by atoms with E-state index < -0.39 is 0 Å². The molecule has 1 aromatic rings. The number of methoxy groups -OCH3 is 1. The number of benzene rings is 1. The van der Waals surface area contributed by atoms with Gasteiger partial charge in [0.15, 0.2) is 0 Å². The molecule has 0 bridgehead atoms. The van der Waals surface area contributed by atoms with Crippen molar-refractivity contribution >= 4 is 11.6 Å². The SMILES string of the molecule is COc1ccc(NC(=O)CC[NH+]2CC(C)OC(C)C2)cc1. The van der Waals surface area contributed by atoms with Crippen LogP contribution in [-0.4, -0.2) is 44.9 Å². The number of anilines is 1. The standard InChI is InChI=1S/C16H24N2O3/c1-12-10-18(11-13(2)21-12)9-8-16(19)17-14-4-6-15(20-3)7-5-14/h4-7,12-13H,8-11H2,1-3H3,(H,17,19)/p+1. The van der Waals surface area contributed by atoms with E-state index in [0.29, 0.717) is 6.42 Å². The summed E-state index contributed by atoms with van der Waals surface area (Å²) in [6.45, 7) is 6.97. The first-order chi connectivity index (χ1) is 10.1. The molecule has 0 aromatic heterocycles. The van der Waals surface area contributed by atoms with Gasteiger partial charge in [-0.2, -0.15) is 0 Å². The molecule has 0 radical (unpaired) electrons. The molecule has 1 aliphatic heterocycles. The van der Waals surface area contributed by atoms with Crippen LogP contribution in [0.4, 0.5) is 5.69 Å². The second kappa shape index (κ2) is 7.43. The molecule has 1 aliphatic rings. The van der Waals surface area contributed by atoms with Gasteiger partial charge in [-0.1, -0.05) is 0 Å².